The third-order valence-electron chi connectivity index (χ3n) is 3.88. The molecule has 27 heavy (non-hydrogen) atoms. The Kier molecular flexibility index (Phi) is 9.96. The summed E-state index contributed by atoms with van der Waals surface area (Å²) in [6, 6.07) is 5.44. The van der Waals surface area contributed by atoms with Gasteiger partial charge in [-0.3, -0.25) is 9.59 Å². The highest BCUT2D eigenvalue weighted by atomic mass is 16.5. The molecule has 0 fully saturated rings. The molecule has 1 amide bonds. The van der Waals surface area contributed by atoms with Gasteiger partial charge in [0.25, 0.3) is 0 Å². The van der Waals surface area contributed by atoms with Crippen LogP contribution in [0.5, 0.6) is 11.5 Å². The number of carbonyl (C=O) groups is 2. The average molecular weight is 379 g/mol. The van der Waals surface area contributed by atoms with Crippen LogP contribution in [-0.4, -0.2) is 64.4 Å². The number of ether oxygens (including phenoxy) is 4. The van der Waals surface area contributed by atoms with Gasteiger partial charge >= 0.3 is 5.97 Å². The van der Waals surface area contributed by atoms with Gasteiger partial charge in [0.15, 0.2) is 11.5 Å². The van der Waals surface area contributed by atoms with Crippen molar-refractivity contribution in [3.8, 4) is 11.5 Å². The Hall–Kier alpha value is -2.54. The van der Waals surface area contributed by atoms with Crippen LogP contribution < -0.4 is 9.47 Å². The normalized spacial score (nSPS) is 11.9. The molecule has 0 aliphatic rings. The van der Waals surface area contributed by atoms with Crippen molar-refractivity contribution in [1.29, 1.82) is 0 Å². The average Bonchev–Trinajstić information content (AvgIpc) is 2.69. The van der Waals surface area contributed by atoms with Crippen molar-refractivity contribution in [3.05, 3.63) is 29.8 Å². The van der Waals surface area contributed by atoms with Crippen molar-refractivity contribution in [2.45, 2.75) is 13.8 Å². The second kappa shape index (κ2) is 12.0. The van der Waals surface area contributed by atoms with Gasteiger partial charge < -0.3 is 23.8 Å². The van der Waals surface area contributed by atoms with Crippen LogP contribution in [0.15, 0.2) is 24.3 Å². The maximum Gasteiger partial charge on any atom is 0.310 e. The second-order valence-electron chi connectivity index (χ2n) is 5.88. The summed E-state index contributed by atoms with van der Waals surface area (Å²) in [6.07, 6.45) is 3.16. The summed E-state index contributed by atoms with van der Waals surface area (Å²) in [6.45, 7) is 5.18. The highest BCUT2D eigenvalue weighted by Gasteiger charge is 2.20. The lowest BCUT2D eigenvalue weighted by molar-refractivity contribution is -0.146. The zero-order valence-electron chi connectivity index (χ0n) is 16.7. The van der Waals surface area contributed by atoms with Gasteiger partial charge in [0.2, 0.25) is 5.91 Å². The predicted molar refractivity (Wildman–Crippen MR) is 103 cm³/mol. The number of rotatable bonds is 11. The van der Waals surface area contributed by atoms with Gasteiger partial charge in [-0.2, -0.15) is 0 Å². The van der Waals surface area contributed by atoms with Crippen LogP contribution >= 0.6 is 0 Å². The molecule has 1 atom stereocenters. The topological polar surface area (TPSA) is 74.3 Å². The molecule has 0 spiro atoms. The van der Waals surface area contributed by atoms with Crippen LogP contribution in [-0.2, 0) is 19.1 Å². The van der Waals surface area contributed by atoms with Crippen LogP contribution in [0.3, 0.4) is 0 Å². The van der Waals surface area contributed by atoms with E-state index in [1.807, 2.05) is 13.0 Å². The van der Waals surface area contributed by atoms with Gasteiger partial charge in [-0.05, 0) is 30.7 Å². The van der Waals surface area contributed by atoms with Gasteiger partial charge in [-0.15, -0.1) is 0 Å². The van der Waals surface area contributed by atoms with E-state index in [4.69, 9.17) is 18.9 Å². The Morgan fingerprint density at radius 1 is 1.19 bits per heavy atom. The first-order valence-electron chi connectivity index (χ1n) is 8.81. The van der Waals surface area contributed by atoms with Crippen LogP contribution in [0.4, 0.5) is 0 Å². The Morgan fingerprint density at radius 2 is 1.93 bits per heavy atom. The Morgan fingerprint density at radius 3 is 2.52 bits per heavy atom. The SMILES string of the molecule is CCOc1ccc(/C=C/C(=O)N(CCOC)CC(C)C(=O)OC)cc1OC. The lowest BCUT2D eigenvalue weighted by atomic mass is 10.1. The molecule has 0 bridgehead atoms. The maximum absolute atomic E-state index is 12.6. The summed E-state index contributed by atoms with van der Waals surface area (Å²) in [5.74, 6) is 0.259. The molecule has 1 aromatic rings. The molecular formula is C20H29NO6. The molecule has 0 N–H and O–H groups in total. The molecule has 1 unspecified atom stereocenters. The standard InChI is InChI=1S/C20H29NO6/c1-6-27-17-9-7-16(13-18(17)25-4)8-10-19(22)21(11-12-24-3)14-15(2)20(23)26-5/h7-10,13,15H,6,11-12,14H2,1-5H3/b10-8+. The Labute approximate surface area is 160 Å². The summed E-state index contributed by atoms with van der Waals surface area (Å²) in [5, 5.41) is 0. The molecule has 7 heteroatoms. The smallest absolute Gasteiger partial charge is 0.310 e. The number of methoxy groups -OCH3 is 3. The van der Waals surface area contributed by atoms with E-state index < -0.39 is 5.92 Å². The van der Waals surface area contributed by atoms with E-state index in [2.05, 4.69) is 0 Å². The fourth-order valence-corrected chi connectivity index (χ4v) is 2.43. The van der Waals surface area contributed by atoms with Gasteiger partial charge in [-0.25, -0.2) is 0 Å². The molecule has 0 saturated carbocycles. The molecule has 7 nitrogen and oxygen atoms in total. The van der Waals surface area contributed by atoms with E-state index in [-0.39, 0.29) is 18.4 Å². The van der Waals surface area contributed by atoms with E-state index in [1.165, 1.54) is 13.2 Å². The number of hydrogen-bond acceptors (Lipinski definition) is 6. The Balaban J connectivity index is 2.88. The zero-order valence-corrected chi connectivity index (χ0v) is 16.7. The first kappa shape index (κ1) is 22.5. The largest absolute Gasteiger partial charge is 0.493 e. The molecular weight excluding hydrogens is 350 g/mol. The fourth-order valence-electron chi connectivity index (χ4n) is 2.43. The number of carbonyl (C=O) groups excluding carboxylic acids is 2. The minimum atomic E-state index is -0.422. The molecule has 0 radical (unpaired) electrons. The predicted octanol–water partition coefficient (Wildman–Crippen LogP) is 2.39. The van der Waals surface area contributed by atoms with Crippen molar-refractivity contribution in [3.63, 3.8) is 0 Å². The molecule has 1 aromatic carbocycles. The number of amides is 1. The molecule has 0 aliphatic heterocycles. The lowest BCUT2D eigenvalue weighted by Gasteiger charge is -2.23. The summed E-state index contributed by atoms with van der Waals surface area (Å²) >= 11 is 0. The number of benzene rings is 1. The first-order chi connectivity index (χ1) is 13.0. The number of hydrogen-bond donors (Lipinski definition) is 0. The summed E-state index contributed by atoms with van der Waals surface area (Å²) < 4.78 is 20.6. The van der Waals surface area contributed by atoms with Crippen molar-refractivity contribution in [2.24, 2.45) is 5.92 Å². The van der Waals surface area contributed by atoms with Crippen LogP contribution in [0.25, 0.3) is 6.08 Å². The van der Waals surface area contributed by atoms with Crippen molar-refractivity contribution < 1.29 is 28.5 Å². The van der Waals surface area contributed by atoms with E-state index >= 15 is 0 Å². The summed E-state index contributed by atoms with van der Waals surface area (Å²) in [4.78, 5) is 25.8. The second-order valence-corrected chi connectivity index (χ2v) is 5.88. The van der Waals surface area contributed by atoms with E-state index in [0.29, 0.717) is 31.3 Å². The summed E-state index contributed by atoms with van der Waals surface area (Å²) in [5.41, 5.74) is 0.802. The third kappa shape index (κ3) is 7.30. The van der Waals surface area contributed by atoms with Crippen molar-refractivity contribution in [1.82, 2.24) is 4.90 Å². The molecule has 1 rings (SSSR count). The van der Waals surface area contributed by atoms with Gasteiger partial charge in [0, 0.05) is 26.3 Å². The van der Waals surface area contributed by atoms with Crippen LogP contribution in [0.1, 0.15) is 19.4 Å². The monoisotopic (exact) mass is 379 g/mol. The van der Waals surface area contributed by atoms with Gasteiger partial charge in [-0.1, -0.05) is 13.0 Å². The number of esters is 1. The van der Waals surface area contributed by atoms with Gasteiger partial charge in [0.1, 0.15) is 0 Å². The van der Waals surface area contributed by atoms with E-state index in [9.17, 15) is 9.59 Å². The molecule has 0 heterocycles. The highest BCUT2D eigenvalue weighted by molar-refractivity contribution is 5.92. The zero-order chi connectivity index (χ0) is 20.2. The van der Waals surface area contributed by atoms with Crippen molar-refractivity contribution in [2.75, 3.05) is 47.6 Å². The Bertz CT molecular complexity index is 643. The minimum absolute atomic E-state index is 0.212. The van der Waals surface area contributed by atoms with E-state index in [0.717, 1.165) is 5.56 Å². The maximum atomic E-state index is 12.6. The first-order valence-corrected chi connectivity index (χ1v) is 8.81. The lowest BCUT2D eigenvalue weighted by Crippen LogP contribution is -2.38. The van der Waals surface area contributed by atoms with E-state index in [1.54, 1.807) is 44.3 Å². The summed E-state index contributed by atoms with van der Waals surface area (Å²) in [7, 11) is 4.46. The molecule has 0 aromatic heterocycles. The molecule has 0 aliphatic carbocycles. The fraction of sp³-hybridized carbons (Fsp3) is 0.500. The van der Waals surface area contributed by atoms with Crippen molar-refractivity contribution >= 4 is 18.0 Å². The number of nitrogens with zero attached hydrogens (tertiary/aromatic N) is 1. The molecule has 0 saturated heterocycles. The highest BCUT2D eigenvalue weighted by Crippen LogP contribution is 2.28. The van der Waals surface area contributed by atoms with Gasteiger partial charge in [0.05, 0.1) is 33.4 Å². The van der Waals surface area contributed by atoms with Crippen LogP contribution in [0, 0.1) is 5.92 Å². The quantitative estimate of drug-likeness (QED) is 0.434. The minimum Gasteiger partial charge on any atom is -0.493 e. The molecule has 150 valence electrons. The third-order valence-corrected chi connectivity index (χ3v) is 3.88. The van der Waals surface area contributed by atoms with Crippen LogP contribution in [0.2, 0.25) is 0 Å².